The van der Waals surface area contributed by atoms with Gasteiger partial charge in [-0.15, -0.1) is 0 Å². The first-order valence-corrected chi connectivity index (χ1v) is 9.74. The van der Waals surface area contributed by atoms with Gasteiger partial charge in [0.1, 0.15) is 5.52 Å². The van der Waals surface area contributed by atoms with E-state index in [0.29, 0.717) is 17.5 Å². The van der Waals surface area contributed by atoms with Crippen LogP contribution in [0.15, 0.2) is 45.3 Å². The number of fused-ring (bicyclic) bond motifs is 1. The predicted octanol–water partition coefficient (Wildman–Crippen LogP) is 5.02. The van der Waals surface area contributed by atoms with Crippen molar-refractivity contribution in [1.29, 1.82) is 0 Å². The van der Waals surface area contributed by atoms with Crippen LogP contribution in [-0.4, -0.2) is 24.7 Å². The molecule has 1 aromatic heterocycles. The number of anilines is 2. The summed E-state index contributed by atoms with van der Waals surface area (Å²) in [5.74, 6) is 1.37. The van der Waals surface area contributed by atoms with Crippen LogP contribution < -0.4 is 15.4 Å². The Morgan fingerprint density at radius 1 is 1.23 bits per heavy atom. The van der Waals surface area contributed by atoms with Gasteiger partial charge in [-0.3, -0.25) is 0 Å². The van der Waals surface area contributed by atoms with E-state index in [1.165, 1.54) is 0 Å². The minimum Gasteiger partial charge on any atom is -0.489 e. The monoisotopic (exact) mass is 415 g/mol. The van der Waals surface area contributed by atoms with Crippen molar-refractivity contribution in [3.05, 3.63) is 46.4 Å². The molecule has 2 N–H and O–H groups in total. The van der Waals surface area contributed by atoms with E-state index in [4.69, 9.17) is 9.15 Å². The second-order valence-electron chi connectivity index (χ2n) is 6.77. The number of rotatable bonds is 5. The Labute approximate surface area is 161 Å². The van der Waals surface area contributed by atoms with Crippen LogP contribution in [0.2, 0.25) is 0 Å². The van der Waals surface area contributed by atoms with Crippen LogP contribution in [-0.2, 0) is 0 Å². The maximum atomic E-state index is 6.12. The molecule has 1 aliphatic rings. The van der Waals surface area contributed by atoms with Crippen molar-refractivity contribution in [1.82, 2.24) is 10.3 Å². The predicted molar refractivity (Wildman–Crippen MR) is 107 cm³/mol. The summed E-state index contributed by atoms with van der Waals surface area (Å²) in [7, 11) is 0. The largest absolute Gasteiger partial charge is 0.489 e. The van der Waals surface area contributed by atoms with Crippen molar-refractivity contribution in [2.24, 2.45) is 5.92 Å². The SMILES string of the molecule is Cc1cc(OCC2CCNCC2)c2oc(Nc3ccc(Br)cc3)nc2c1. The van der Waals surface area contributed by atoms with E-state index >= 15 is 0 Å². The molecule has 136 valence electrons. The molecule has 4 rings (SSSR count). The lowest BCUT2D eigenvalue weighted by molar-refractivity contribution is 0.215. The number of aryl methyl sites for hydroxylation is 1. The van der Waals surface area contributed by atoms with Gasteiger partial charge in [-0.2, -0.15) is 4.98 Å². The lowest BCUT2D eigenvalue weighted by atomic mass is 9.99. The highest BCUT2D eigenvalue weighted by Crippen LogP contribution is 2.32. The summed E-state index contributed by atoms with van der Waals surface area (Å²) in [6.45, 7) is 4.91. The van der Waals surface area contributed by atoms with E-state index < -0.39 is 0 Å². The van der Waals surface area contributed by atoms with E-state index in [-0.39, 0.29) is 0 Å². The van der Waals surface area contributed by atoms with Gasteiger partial charge in [0.2, 0.25) is 0 Å². The third kappa shape index (κ3) is 4.02. The van der Waals surface area contributed by atoms with Crippen LogP contribution >= 0.6 is 15.9 Å². The standard InChI is InChI=1S/C20H22BrN3O2/c1-13-10-17-19(18(11-13)25-12-14-6-8-22-9-7-14)26-20(24-17)23-16-4-2-15(21)3-5-16/h2-5,10-11,14,22H,6-9,12H2,1H3,(H,23,24). The Morgan fingerprint density at radius 2 is 2.00 bits per heavy atom. The molecule has 2 aromatic carbocycles. The first-order valence-electron chi connectivity index (χ1n) is 8.95. The van der Waals surface area contributed by atoms with Gasteiger partial charge >= 0.3 is 0 Å². The highest BCUT2D eigenvalue weighted by molar-refractivity contribution is 9.10. The number of nitrogens with zero attached hydrogens (tertiary/aromatic N) is 1. The zero-order valence-electron chi connectivity index (χ0n) is 14.7. The van der Waals surface area contributed by atoms with Crippen molar-refractivity contribution in [3.8, 4) is 5.75 Å². The minimum atomic E-state index is 0.472. The number of benzene rings is 2. The minimum absolute atomic E-state index is 0.472. The van der Waals surface area contributed by atoms with E-state index in [2.05, 4.69) is 31.5 Å². The average molecular weight is 416 g/mol. The molecular weight excluding hydrogens is 394 g/mol. The molecule has 1 fully saturated rings. The van der Waals surface area contributed by atoms with E-state index in [1.807, 2.05) is 43.3 Å². The van der Waals surface area contributed by atoms with Gasteiger partial charge in [-0.25, -0.2) is 0 Å². The molecule has 0 spiro atoms. The van der Waals surface area contributed by atoms with Crippen molar-refractivity contribution in [2.75, 3.05) is 25.0 Å². The number of nitrogens with one attached hydrogen (secondary N) is 2. The van der Waals surface area contributed by atoms with Crippen LogP contribution in [0.3, 0.4) is 0 Å². The van der Waals surface area contributed by atoms with Crippen molar-refractivity contribution >= 4 is 38.7 Å². The maximum absolute atomic E-state index is 6.12. The van der Waals surface area contributed by atoms with Crippen molar-refractivity contribution < 1.29 is 9.15 Å². The van der Waals surface area contributed by atoms with Crippen LogP contribution in [0.25, 0.3) is 11.1 Å². The first-order chi connectivity index (χ1) is 12.7. The molecular formula is C20H22BrN3O2. The van der Waals surface area contributed by atoms with Gasteiger partial charge in [0, 0.05) is 10.2 Å². The third-order valence-corrected chi connectivity index (χ3v) is 5.16. The van der Waals surface area contributed by atoms with Gasteiger partial charge in [0.15, 0.2) is 11.3 Å². The molecule has 2 heterocycles. The molecule has 26 heavy (non-hydrogen) atoms. The van der Waals surface area contributed by atoms with Crippen LogP contribution in [0, 0.1) is 12.8 Å². The van der Waals surface area contributed by atoms with Gasteiger partial charge in [-0.05, 0) is 80.7 Å². The maximum Gasteiger partial charge on any atom is 0.300 e. The summed E-state index contributed by atoms with van der Waals surface area (Å²) in [5, 5.41) is 6.60. The molecule has 5 nitrogen and oxygen atoms in total. The lowest BCUT2D eigenvalue weighted by Crippen LogP contribution is -2.30. The Balaban J connectivity index is 1.55. The molecule has 0 unspecified atom stereocenters. The average Bonchev–Trinajstić information content (AvgIpc) is 3.04. The third-order valence-electron chi connectivity index (χ3n) is 4.63. The number of hydrogen-bond donors (Lipinski definition) is 2. The van der Waals surface area contributed by atoms with Gasteiger partial charge < -0.3 is 19.8 Å². The highest BCUT2D eigenvalue weighted by atomic mass is 79.9. The number of hydrogen-bond acceptors (Lipinski definition) is 5. The Morgan fingerprint density at radius 3 is 2.77 bits per heavy atom. The van der Waals surface area contributed by atoms with Gasteiger partial charge in [0.25, 0.3) is 6.01 Å². The Kier molecular flexibility index (Phi) is 5.13. The van der Waals surface area contributed by atoms with E-state index in [0.717, 1.165) is 59.5 Å². The topological polar surface area (TPSA) is 59.3 Å². The fourth-order valence-electron chi connectivity index (χ4n) is 3.21. The van der Waals surface area contributed by atoms with Crippen LogP contribution in [0.1, 0.15) is 18.4 Å². The molecule has 0 radical (unpaired) electrons. The normalized spacial score (nSPS) is 15.3. The summed E-state index contributed by atoms with van der Waals surface area (Å²) in [6.07, 6.45) is 2.31. The molecule has 0 aliphatic carbocycles. The molecule has 0 atom stereocenters. The zero-order valence-corrected chi connectivity index (χ0v) is 16.3. The van der Waals surface area contributed by atoms with Gasteiger partial charge in [-0.1, -0.05) is 15.9 Å². The molecule has 0 amide bonds. The number of oxazole rings is 1. The van der Waals surface area contributed by atoms with Crippen LogP contribution in [0.5, 0.6) is 5.75 Å². The molecule has 3 aromatic rings. The summed E-state index contributed by atoms with van der Waals surface area (Å²) in [4.78, 5) is 4.57. The molecule has 0 bridgehead atoms. The second-order valence-corrected chi connectivity index (χ2v) is 7.68. The summed E-state index contributed by atoms with van der Waals surface area (Å²) in [5.41, 5.74) is 3.55. The summed E-state index contributed by atoms with van der Waals surface area (Å²) < 4.78 is 13.1. The highest BCUT2D eigenvalue weighted by Gasteiger charge is 2.17. The van der Waals surface area contributed by atoms with Gasteiger partial charge in [0.05, 0.1) is 6.61 Å². The molecule has 0 saturated carbocycles. The van der Waals surface area contributed by atoms with Crippen molar-refractivity contribution in [3.63, 3.8) is 0 Å². The Hall–Kier alpha value is -2.05. The second kappa shape index (κ2) is 7.68. The summed E-state index contributed by atoms with van der Waals surface area (Å²) in [6, 6.07) is 12.4. The fourth-order valence-corrected chi connectivity index (χ4v) is 3.47. The molecule has 6 heteroatoms. The lowest BCUT2D eigenvalue weighted by Gasteiger charge is -2.22. The smallest absolute Gasteiger partial charge is 0.300 e. The van der Waals surface area contributed by atoms with Crippen LogP contribution in [0.4, 0.5) is 11.7 Å². The summed E-state index contributed by atoms with van der Waals surface area (Å²) >= 11 is 3.44. The number of aromatic nitrogens is 1. The molecule has 1 aliphatic heterocycles. The Bertz CT molecular complexity index is 886. The number of ether oxygens (including phenoxy) is 1. The molecule has 1 saturated heterocycles. The van der Waals surface area contributed by atoms with E-state index in [9.17, 15) is 0 Å². The fraction of sp³-hybridized carbons (Fsp3) is 0.350. The van der Waals surface area contributed by atoms with Crippen molar-refractivity contribution in [2.45, 2.75) is 19.8 Å². The van der Waals surface area contributed by atoms with E-state index in [1.54, 1.807) is 0 Å². The number of piperidine rings is 1. The first kappa shape index (κ1) is 17.4. The number of halogens is 1. The zero-order chi connectivity index (χ0) is 17.9. The quantitative estimate of drug-likeness (QED) is 0.612.